The Morgan fingerprint density at radius 2 is 1.69 bits per heavy atom. The summed E-state index contributed by atoms with van der Waals surface area (Å²) >= 11 is 0. The highest BCUT2D eigenvalue weighted by Gasteiger charge is 2.28. The van der Waals surface area contributed by atoms with Crippen LogP contribution in [0.5, 0.6) is 0 Å². The lowest BCUT2D eigenvalue weighted by molar-refractivity contribution is 0.0803. The largest absolute Gasteiger partial charge is 0.393 e. The van der Waals surface area contributed by atoms with E-state index < -0.39 is 11.6 Å². The van der Waals surface area contributed by atoms with Crippen LogP contribution in [0.15, 0.2) is 23.8 Å². The summed E-state index contributed by atoms with van der Waals surface area (Å²) in [5.41, 5.74) is 1.58. The molecule has 2 heterocycles. The Balaban J connectivity index is 1.68. The predicted molar refractivity (Wildman–Crippen MR) is 91.9 cm³/mol. The Morgan fingerprint density at radius 3 is 2.27 bits per heavy atom. The number of amides is 2. The first-order valence-corrected chi connectivity index (χ1v) is 8.79. The van der Waals surface area contributed by atoms with Crippen molar-refractivity contribution in [3.63, 3.8) is 0 Å². The van der Waals surface area contributed by atoms with Gasteiger partial charge in [-0.1, -0.05) is 6.07 Å². The van der Waals surface area contributed by atoms with Crippen molar-refractivity contribution < 1.29 is 18.7 Å². The third kappa shape index (κ3) is 3.86. The molecule has 1 N–H and O–H groups in total. The lowest BCUT2D eigenvalue weighted by atomic mass is 9.94. The zero-order valence-electron chi connectivity index (χ0n) is 14.4. The first-order chi connectivity index (χ1) is 12.5. The molecule has 2 fully saturated rings. The molecule has 26 heavy (non-hydrogen) atoms. The molecule has 2 amide bonds. The van der Waals surface area contributed by atoms with E-state index in [0.29, 0.717) is 63.0 Å². The number of benzene rings is 1. The Hall–Kier alpha value is -2.46. The molecule has 0 radical (unpaired) electrons. The van der Waals surface area contributed by atoms with Crippen molar-refractivity contribution in [1.29, 1.82) is 5.26 Å². The number of hydrogen-bond acceptors (Lipinski definition) is 3. The molecule has 0 aliphatic carbocycles. The second-order valence-corrected chi connectivity index (χ2v) is 6.71. The van der Waals surface area contributed by atoms with Crippen LogP contribution >= 0.6 is 0 Å². The summed E-state index contributed by atoms with van der Waals surface area (Å²) in [5, 5.41) is 19.0. The zero-order chi connectivity index (χ0) is 18.7. The predicted octanol–water partition coefficient (Wildman–Crippen LogP) is 2.91. The molecule has 0 bridgehead atoms. The SMILES string of the molecule is N#CC(=C1CCN(C(=O)N2CCC(O)CC2)CC1)c1ccc(F)c(F)c1. The molecule has 1 aromatic carbocycles. The molecule has 2 aliphatic heterocycles. The smallest absolute Gasteiger partial charge is 0.320 e. The number of allylic oxidation sites excluding steroid dienone is 1. The highest BCUT2D eigenvalue weighted by atomic mass is 19.2. The number of aliphatic hydroxyl groups excluding tert-OH is 1. The monoisotopic (exact) mass is 361 g/mol. The number of nitrogens with zero attached hydrogens (tertiary/aromatic N) is 3. The normalized spacial score (nSPS) is 18.6. The van der Waals surface area contributed by atoms with Crippen LogP contribution in [-0.2, 0) is 0 Å². The van der Waals surface area contributed by atoms with E-state index in [4.69, 9.17) is 0 Å². The number of piperidine rings is 2. The fourth-order valence-electron chi connectivity index (χ4n) is 3.47. The van der Waals surface area contributed by atoms with E-state index in [1.807, 2.05) is 0 Å². The first kappa shape index (κ1) is 18.3. The zero-order valence-corrected chi connectivity index (χ0v) is 14.4. The van der Waals surface area contributed by atoms with Crippen LogP contribution in [0.4, 0.5) is 13.6 Å². The van der Waals surface area contributed by atoms with Gasteiger partial charge >= 0.3 is 6.03 Å². The molecule has 7 heteroatoms. The molecule has 2 saturated heterocycles. The van der Waals surface area contributed by atoms with Crippen molar-refractivity contribution >= 4 is 11.6 Å². The lowest BCUT2D eigenvalue weighted by Crippen LogP contribution is -2.49. The number of likely N-dealkylation sites (tertiary alicyclic amines) is 2. The van der Waals surface area contributed by atoms with Gasteiger partial charge in [0.1, 0.15) is 0 Å². The van der Waals surface area contributed by atoms with Gasteiger partial charge in [0.05, 0.1) is 17.7 Å². The Morgan fingerprint density at radius 1 is 1.08 bits per heavy atom. The summed E-state index contributed by atoms with van der Waals surface area (Å²) in [6.07, 6.45) is 1.93. The van der Waals surface area contributed by atoms with E-state index in [9.17, 15) is 23.9 Å². The minimum atomic E-state index is -0.976. The average molecular weight is 361 g/mol. The number of halogens is 2. The van der Waals surface area contributed by atoms with E-state index in [1.165, 1.54) is 6.07 Å². The minimum Gasteiger partial charge on any atom is -0.393 e. The van der Waals surface area contributed by atoms with Crippen LogP contribution in [0.3, 0.4) is 0 Å². The van der Waals surface area contributed by atoms with E-state index in [-0.39, 0.29) is 12.1 Å². The minimum absolute atomic E-state index is 0.0396. The van der Waals surface area contributed by atoms with Crippen LogP contribution < -0.4 is 0 Å². The van der Waals surface area contributed by atoms with Crippen molar-refractivity contribution in [3.8, 4) is 6.07 Å². The molecular formula is C19H21F2N3O2. The van der Waals surface area contributed by atoms with E-state index in [0.717, 1.165) is 17.7 Å². The number of hydrogen-bond donors (Lipinski definition) is 1. The van der Waals surface area contributed by atoms with E-state index >= 15 is 0 Å². The summed E-state index contributed by atoms with van der Waals surface area (Å²) in [5.74, 6) is -1.92. The molecule has 1 aromatic rings. The first-order valence-electron chi connectivity index (χ1n) is 8.79. The standard InChI is InChI=1S/C19H21F2N3O2/c20-17-2-1-14(11-18(17)21)16(12-22)13-3-7-23(8-4-13)19(26)24-9-5-15(25)6-10-24/h1-2,11,15,25H,3-10H2. The van der Waals surface area contributed by atoms with Gasteiger partial charge in [0, 0.05) is 26.2 Å². The van der Waals surface area contributed by atoms with Crippen molar-refractivity contribution in [1.82, 2.24) is 9.80 Å². The summed E-state index contributed by atoms with van der Waals surface area (Å²) in [4.78, 5) is 16.1. The molecule has 3 rings (SSSR count). The summed E-state index contributed by atoms with van der Waals surface area (Å²) < 4.78 is 26.6. The Labute approximate surface area is 151 Å². The van der Waals surface area contributed by atoms with Gasteiger partial charge in [0.25, 0.3) is 0 Å². The number of rotatable bonds is 1. The average Bonchev–Trinajstić information content (AvgIpc) is 2.66. The summed E-state index contributed by atoms with van der Waals surface area (Å²) in [6, 6.07) is 5.52. The van der Waals surface area contributed by atoms with Gasteiger partial charge in [-0.25, -0.2) is 13.6 Å². The topological polar surface area (TPSA) is 67.6 Å². The van der Waals surface area contributed by atoms with Gasteiger partial charge in [-0.05, 0) is 49.0 Å². The van der Waals surface area contributed by atoms with Gasteiger partial charge in [0.2, 0.25) is 0 Å². The maximum Gasteiger partial charge on any atom is 0.320 e. The van der Waals surface area contributed by atoms with E-state index in [1.54, 1.807) is 9.80 Å². The third-order valence-electron chi connectivity index (χ3n) is 5.05. The number of aliphatic hydroxyl groups is 1. The van der Waals surface area contributed by atoms with Crippen LogP contribution in [-0.4, -0.2) is 53.2 Å². The molecule has 0 unspecified atom stereocenters. The van der Waals surface area contributed by atoms with Crippen LogP contribution in [0.1, 0.15) is 31.2 Å². The summed E-state index contributed by atoms with van der Waals surface area (Å²) in [7, 11) is 0. The molecule has 0 atom stereocenters. The van der Waals surface area contributed by atoms with Gasteiger partial charge in [-0.2, -0.15) is 5.26 Å². The molecule has 2 aliphatic rings. The fraction of sp³-hybridized carbons (Fsp3) is 0.474. The number of carbonyl (C=O) groups excluding carboxylic acids is 1. The summed E-state index contributed by atoms with van der Waals surface area (Å²) in [6.45, 7) is 2.08. The molecule has 138 valence electrons. The van der Waals surface area contributed by atoms with E-state index in [2.05, 4.69) is 6.07 Å². The molecule has 0 saturated carbocycles. The van der Waals surface area contributed by atoms with Crippen LogP contribution in [0.25, 0.3) is 5.57 Å². The highest BCUT2D eigenvalue weighted by Crippen LogP contribution is 2.28. The lowest BCUT2D eigenvalue weighted by Gasteiger charge is -2.36. The maximum atomic E-state index is 13.5. The van der Waals surface area contributed by atoms with Gasteiger partial charge < -0.3 is 14.9 Å². The van der Waals surface area contributed by atoms with Gasteiger partial charge in [-0.15, -0.1) is 0 Å². The maximum absolute atomic E-state index is 13.5. The second-order valence-electron chi connectivity index (χ2n) is 6.71. The van der Waals surface area contributed by atoms with Crippen molar-refractivity contribution in [2.75, 3.05) is 26.2 Å². The third-order valence-corrected chi connectivity index (χ3v) is 5.05. The number of nitriles is 1. The van der Waals surface area contributed by atoms with Crippen LogP contribution in [0.2, 0.25) is 0 Å². The van der Waals surface area contributed by atoms with Crippen LogP contribution in [0, 0.1) is 23.0 Å². The van der Waals surface area contributed by atoms with Crippen molar-refractivity contribution in [2.24, 2.45) is 0 Å². The molecule has 0 spiro atoms. The highest BCUT2D eigenvalue weighted by molar-refractivity contribution is 5.80. The second kappa shape index (κ2) is 7.83. The Kier molecular flexibility index (Phi) is 5.52. The van der Waals surface area contributed by atoms with Gasteiger partial charge in [-0.3, -0.25) is 0 Å². The van der Waals surface area contributed by atoms with Crippen molar-refractivity contribution in [2.45, 2.75) is 31.8 Å². The molecule has 0 aromatic heterocycles. The van der Waals surface area contributed by atoms with Crippen molar-refractivity contribution in [3.05, 3.63) is 41.0 Å². The molecule has 5 nitrogen and oxygen atoms in total. The van der Waals surface area contributed by atoms with Gasteiger partial charge in [0.15, 0.2) is 11.6 Å². The number of urea groups is 1. The molecular weight excluding hydrogens is 340 g/mol. The fourth-order valence-corrected chi connectivity index (χ4v) is 3.47. The Bertz CT molecular complexity index is 755. The quantitative estimate of drug-likeness (QED) is 0.782. The number of carbonyl (C=O) groups is 1.